The van der Waals surface area contributed by atoms with Gasteiger partial charge in [-0.15, -0.1) is 0 Å². The van der Waals surface area contributed by atoms with Crippen molar-refractivity contribution in [3.63, 3.8) is 0 Å². The molecule has 0 saturated carbocycles. The van der Waals surface area contributed by atoms with Gasteiger partial charge in [-0.3, -0.25) is 0 Å². The van der Waals surface area contributed by atoms with E-state index in [2.05, 4.69) is 186 Å². The van der Waals surface area contributed by atoms with Crippen LogP contribution >= 0.6 is 0 Å². The van der Waals surface area contributed by atoms with E-state index in [0.29, 0.717) is 0 Å². The molecule has 5 nitrogen and oxygen atoms in total. The maximum atomic E-state index is 7.63. The van der Waals surface area contributed by atoms with E-state index in [-0.39, 0.29) is 0 Å². The number of fused-ring (bicyclic) bond motifs is 17. The van der Waals surface area contributed by atoms with E-state index >= 15 is 0 Å². The Morgan fingerprint density at radius 3 is 1.68 bits per heavy atom. The Balaban J connectivity index is 1.18. The minimum absolute atomic E-state index is 0.794. The third-order valence-electron chi connectivity index (χ3n) is 13.1. The molecule has 0 radical (unpaired) electrons. The molecule has 0 aliphatic carbocycles. The number of aryl methyl sites for hydroxylation is 1. The van der Waals surface area contributed by atoms with Gasteiger partial charge in [0, 0.05) is 48.8 Å². The van der Waals surface area contributed by atoms with Crippen molar-refractivity contribution in [2.24, 2.45) is 0 Å². The number of nitrogens with zero attached hydrogens (tertiary/aromatic N) is 2. The molecule has 62 heavy (non-hydrogen) atoms. The van der Waals surface area contributed by atoms with Crippen molar-refractivity contribution in [2.75, 3.05) is 4.90 Å². The van der Waals surface area contributed by atoms with E-state index < -0.39 is 0 Å². The topological polar surface area (TPSA) is 47.6 Å². The average Bonchev–Trinajstić information content (AvgIpc) is 4.09. The number of rotatable bonds is 4. The molecule has 0 unspecified atom stereocenters. The summed E-state index contributed by atoms with van der Waals surface area (Å²) in [5.74, 6) is 0. The fraction of sp³-hybridized carbons (Fsp3) is 0.0175. The summed E-state index contributed by atoms with van der Waals surface area (Å²) in [6, 6.07) is 66.7. The van der Waals surface area contributed by atoms with E-state index in [4.69, 9.17) is 13.3 Å². The number of anilines is 3. The van der Waals surface area contributed by atoms with Crippen LogP contribution < -0.4 is 4.90 Å². The highest BCUT2D eigenvalue weighted by Crippen LogP contribution is 2.51. The van der Waals surface area contributed by atoms with Gasteiger partial charge in [0.1, 0.15) is 11.2 Å². The van der Waals surface area contributed by atoms with E-state index in [1.54, 1.807) is 0 Å². The molecule has 290 valence electrons. The Bertz CT molecular complexity index is 4200. The van der Waals surface area contributed by atoms with Crippen LogP contribution in [0.4, 0.5) is 17.1 Å². The second-order valence-electron chi connectivity index (χ2n) is 16.4. The molecule has 14 rings (SSSR count). The van der Waals surface area contributed by atoms with Crippen LogP contribution in [0.25, 0.3) is 115 Å². The molecule has 0 amide bonds. The van der Waals surface area contributed by atoms with Crippen LogP contribution in [0.5, 0.6) is 0 Å². The third-order valence-corrected chi connectivity index (χ3v) is 13.1. The highest BCUT2D eigenvalue weighted by Gasteiger charge is 2.29. The van der Waals surface area contributed by atoms with E-state index in [0.717, 1.165) is 137 Å². The van der Waals surface area contributed by atoms with Gasteiger partial charge in [0.05, 0.1) is 28.1 Å². The fourth-order valence-electron chi connectivity index (χ4n) is 10.4. The maximum Gasteiger partial charge on any atom is 0.160 e. The zero-order valence-electron chi connectivity index (χ0n) is 33.5. The molecule has 0 N–H and O–H groups in total. The predicted molar refractivity (Wildman–Crippen MR) is 257 cm³/mol. The molecule has 0 saturated heterocycles. The van der Waals surface area contributed by atoms with Gasteiger partial charge in [-0.05, 0) is 82.6 Å². The van der Waals surface area contributed by atoms with Crippen molar-refractivity contribution in [3.05, 3.63) is 194 Å². The molecule has 4 heterocycles. The Labute approximate surface area is 353 Å². The monoisotopic (exact) mass is 794 g/mol. The molecule has 0 fully saturated rings. The summed E-state index contributed by atoms with van der Waals surface area (Å²) in [6.45, 7) is 2.17. The number of hydrogen-bond donors (Lipinski definition) is 0. The maximum absolute atomic E-state index is 7.63. The molecule has 0 bridgehead atoms. The van der Waals surface area contributed by atoms with Gasteiger partial charge >= 0.3 is 0 Å². The van der Waals surface area contributed by atoms with E-state index in [1.165, 1.54) is 0 Å². The summed E-state index contributed by atoms with van der Waals surface area (Å²) in [7, 11) is 0. The summed E-state index contributed by atoms with van der Waals surface area (Å²) < 4.78 is 23.6. The summed E-state index contributed by atoms with van der Waals surface area (Å²) in [5.41, 5.74) is 12.1. The summed E-state index contributed by atoms with van der Waals surface area (Å²) in [4.78, 5) is 2.34. The van der Waals surface area contributed by atoms with Crippen molar-refractivity contribution in [2.45, 2.75) is 6.92 Å². The minimum Gasteiger partial charge on any atom is -0.454 e. The Morgan fingerprint density at radius 2 is 0.919 bits per heavy atom. The van der Waals surface area contributed by atoms with Crippen LogP contribution in [0.2, 0.25) is 0 Å². The Morgan fingerprint density at radius 1 is 0.371 bits per heavy atom. The van der Waals surface area contributed by atoms with Crippen LogP contribution in [-0.4, -0.2) is 4.57 Å². The first-order valence-electron chi connectivity index (χ1n) is 21.1. The molecular formula is C57H34N2O3. The predicted octanol–water partition coefficient (Wildman–Crippen LogP) is 16.6. The van der Waals surface area contributed by atoms with Crippen molar-refractivity contribution in [3.8, 4) is 5.69 Å². The van der Waals surface area contributed by atoms with E-state index in [9.17, 15) is 0 Å². The Hall–Kier alpha value is -8.28. The molecule has 5 heteroatoms. The lowest BCUT2D eigenvalue weighted by molar-refractivity contribution is 0.664. The minimum atomic E-state index is 0.794. The number of aromatic nitrogens is 1. The molecule has 0 aliphatic heterocycles. The van der Waals surface area contributed by atoms with Crippen LogP contribution in [0.15, 0.2) is 201 Å². The fourth-order valence-corrected chi connectivity index (χ4v) is 10.4. The van der Waals surface area contributed by atoms with Gasteiger partial charge in [-0.1, -0.05) is 140 Å². The zero-order valence-corrected chi connectivity index (χ0v) is 33.5. The zero-order chi connectivity index (χ0) is 40.6. The van der Waals surface area contributed by atoms with Gasteiger partial charge in [0.15, 0.2) is 22.3 Å². The first kappa shape index (κ1) is 33.5. The lowest BCUT2D eigenvalue weighted by Gasteiger charge is -2.27. The molecular weight excluding hydrogens is 761 g/mol. The number of furan rings is 3. The number of para-hydroxylation sites is 5. The first-order valence-corrected chi connectivity index (χ1v) is 21.1. The van der Waals surface area contributed by atoms with Gasteiger partial charge < -0.3 is 22.7 Å². The summed E-state index contributed by atoms with van der Waals surface area (Å²) in [5, 5.41) is 13.2. The summed E-state index contributed by atoms with van der Waals surface area (Å²) in [6.07, 6.45) is 0. The lowest BCUT2D eigenvalue weighted by Crippen LogP contribution is -2.12. The van der Waals surface area contributed by atoms with E-state index in [1.807, 2.05) is 18.2 Å². The second kappa shape index (κ2) is 12.4. The normalized spacial score (nSPS) is 12.3. The standard InChI is InChI=1S/C57H34N2O3/c1-33-15-2-10-24-44(33)58(46-26-14-23-42-39-21-8-12-27-49(39)60-54(42)46)47-31-34-16-3-5-18-36(34)51-52-37-19-6-4-17-35(37)32-48(57(52)62-56(47)51)59-45-25-11-7-20-38(45)41-29-30-43-40-22-9-13-28-50(40)61-55(43)53(41)59/h2-32H,1H3. The van der Waals surface area contributed by atoms with Crippen LogP contribution in [0.3, 0.4) is 0 Å². The Kier molecular flexibility index (Phi) is 6.70. The van der Waals surface area contributed by atoms with Crippen molar-refractivity contribution >= 4 is 126 Å². The quantitative estimate of drug-likeness (QED) is 0.178. The molecule has 10 aromatic carbocycles. The third kappa shape index (κ3) is 4.46. The van der Waals surface area contributed by atoms with Crippen LogP contribution in [0, 0.1) is 6.92 Å². The van der Waals surface area contributed by atoms with Gasteiger partial charge in [0.2, 0.25) is 0 Å². The highest BCUT2D eigenvalue weighted by atomic mass is 16.3. The number of benzene rings is 10. The van der Waals surface area contributed by atoms with Gasteiger partial charge in [0.25, 0.3) is 0 Å². The average molecular weight is 795 g/mol. The van der Waals surface area contributed by atoms with Crippen LogP contribution in [-0.2, 0) is 0 Å². The summed E-state index contributed by atoms with van der Waals surface area (Å²) >= 11 is 0. The van der Waals surface area contributed by atoms with Crippen molar-refractivity contribution < 1.29 is 13.3 Å². The molecule has 4 aromatic heterocycles. The highest BCUT2D eigenvalue weighted by molar-refractivity contribution is 6.31. The second-order valence-corrected chi connectivity index (χ2v) is 16.4. The van der Waals surface area contributed by atoms with Crippen molar-refractivity contribution in [1.82, 2.24) is 4.57 Å². The van der Waals surface area contributed by atoms with Crippen LogP contribution in [0.1, 0.15) is 5.56 Å². The number of hydrogen-bond acceptors (Lipinski definition) is 4. The first-order chi connectivity index (χ1) is 30.7. The molecule has 0 atom stereocenters. The SMILES string of the molecule is Cc1ccccc1N(c1cccc2c1oc1ccccc12)c1cc2ccccc2c2c1oc1c(-n3c4ccccc4c4ccc5c6ccccc6oc5c43)cc3ccccc3c12. The molecule has 14 aromatic rings. The smallest absolute Gasteiger partial charge is 0.160 e. The lowest BCUT2D eigenvalue weighted by atomic mass is 9.97. The molecule has 0 spiro atoms. The van der Waals surface area contributed by atoms with Gasteiger partial charge in [-0.25, -0.2) is 0 Å². The largest absolute Gasteiger partial charge is 0.454 e. The molecule has 0 aliphatic rings. The van der Waals surface area contributed by atoms with Crippen molar-refractivity contribution in [1.29, 1.82) is 0 Å². The van der Waals surface area contributed by atoms with Gasteiger partial charge in [-0.2, -0.15) is 0 Å².